The average molecular weight is 266 g/mol. The van der Waals surface area contributed by atoms with Crippen molar-refractivity contribution < 1.29 is 9.90 Å². The number of nitrogens with zero attached hydrogens (tertiary/aromatic N) is 2. The quantitative estimate of drug-likeness (QED) is 0.821. The Balaban J connectivity index is 1.58. The highest BCUT2D eigenvalue weighted by Gasteiger charge is 2.42. The number of aliphatic hydroxyl groups is 1. The molecule has 0 aromatic carbocycles. The fraction of sp³-hybridized carbons (Fsp3) is 0.933. The summed E-state index contributed by atoms with van der Waals surface area (Å²) in [4.78, 5) is 17.0. The summed E-state index contributed by atoms with van der Waals surface area (Å²) in [7, 11) is 0. The lowest BCUT2D eigenvalue weighted by atomic mass is 10.00. The van der Waals surface area contributed by atoms with Crippen LogP contribution in [0.2, 0.25) is 0 Å². The van der Waals surface area contributed by atoms with Crippen LogP contribution in [0.5, 0.6) is 0 Å². The predicted octanol–water partition coefficient (Wildman–Crippen LogP) is 1.38. The van der Waals surface area contributed by atoms with Gasteiger partial charge in [0.2, 0.25) is 5.91 Å². The molecule has 0 aliphatic carbocycles. The van der Waals surface area contributed by atoms with Crippen molar-refractivity contribution in [2.24, 2.45) is 0 Å². The van der Waals surface area contributed by atoms with Crippen LogP contribution in [-0.2, 0) is 4.79 Å². The molecule has 0 aromatic rings. The Morgan fingerprint density at radius 3 is 2.16 bits per heavy atom. The van der Waals surface area contributed by atoms with Gasteiger partial charge in [-0.2, -0.15) is 0 Å². The molecule has 3 fully saturated rings. The van der Waals surface area contributed by atoms with Gasteiger partial charge >= 0.3 is 0 Å². The van der Waals surface area contributed by atoms with Crippen molar-refractivity contribution in [1.29, 1.82) is 0 Å². The van der Waals surface area contributed by atoms with Gasteiger partial charge in [-0.3, -0.25) is 9.69 Å². The molecule has 1 amide bonds. The minimum Gasteiger partial charge on any atom is -0.393 e. The van der Waals surface area contributed by atoms with E-state index in [9.17, 15) is 9.90 Å². The van der Waals surface area contributed by atoms with Crippen molar-refractivity contribution in [2.45, 2.75) is 69.6 Å². The van der Waals surface area contributed by atoms with Crippen LogP contribution in [0.1, 0.15) is 51.4 Å². The molecule has 2 bridgehead atoms. The molecular formula is C15H26N2O2. The van der Waals surface area contributed by atoms with E-state index in [0.717, 1.165) is 38.8 Å². The molecule has 19 heavy (non-hydrogen) atoms. The minimum absolute atomic E-state index is 0.181. The first-order valence-corrected chi connectivity index (χ1v) is 7.95. The maximum absolute atomic E-state index is 12.5. The van der Waals surface area contributed by atoms with Gasteiger partial charge in [0.05, 0.1) is 12.6 Å². The van der Waals surface area contributed by atoms with Gasteiger partial charge in [-0.15, -0.1) is 0 Å². The lowest BCUT2D eigenvalue weighted by molar-refractivity contribution is -0.138. The largest absolute Gasteiger partial charge is 0.393 e. The number of rotatable bonds is 2. The van der Waals surface area contributed by atoms with Gasteiger partial charge in [0.15, 0.2) is 0 Å². The number of piperidine rings is 1. The van der Waals surface area contributed by atoms with E-state index < -0.39 is 0 Å². The van der Waals surface area contributed by atoms with E-state index in [1.807, 2.05) is 0 Å². The third-order valence-electron chi connectivity index (χ3n) is 5.05. The van der Waals surface area contributed by atoms with E-state index in [1.165, 1.54) is 25.7 Å². The second-order valence-electron chi connectivity index (χ2n) is 6.50. The van der Waals surface area contributed by atoms with Crippen LogP contribution in [-0.4, -0.2) is 58.6 Å². The summed E-state index contributed by atoms with van der Waals surface area (Å²) in [6.45, 7) is 2.76. The number of likely N-dealkylation sites (tertiary alicyclic amines) is 1. The summed E-state index contributed by atoms with van der Waals surface area (Å²) in [6.07, 6.45) is 8.68. The van der Waals surface area contributed by atoms with Crippen molar-refractivity contribution in [2.75, 3.05) is 19.6 Å². The van der Waals surface area contributed by atoms with Crippen LogP contribution in [0.25, 0.3) is 0 Å². The monoisotopic (exact) mass is 266 g/mol. The Labute approximate surface area is 115 Å². The van der Waals surface area contributed by atoms with E-state index in [0.29, 0.717) is 24.5 Å². The summed E-state index contributed by atoms with van der Waals surface area (Å²) in [5.74, 6) is 0.307. The van der Waals surface area contributed by atoms with Crippen molar-refractivity contribution in [3.05, 3.63) is 0 Å². The van der Waals surface area contributed by atoms with Gasteiger partial charge in [-0.25, -0.2) is 0 Å². The Bertz CT molecular complexity index is 312. The standard InChI is InChI=1S/C15H26N2O2/c18-14-9-12-5-6-13(10-14)17(12)15(19)11-16-7-3-1-2-4-8-16/h12-14,18H,1-11H2/t12-,13+,14?. The van der Waals surface area contributed by atoms with Crippen molar-refractivity contribution in [3.63, 3.8) is 0 Å². The third-order valence-corrected chi connectivity index (χ3v) is 5.05. The summed E-state index contributed by atoms with van der Waals surface area (Å²) >= 11 is 0. The smallest absolute Gasteiger partial charge is 0.237 e. The van der Waals surface area contributed by atoms with Crippen molar-refractivity contribution in [1.82, 2.24) is 9.80 Å². The number of hydrogen-bond acceptors (Lipinski definition) is 3. The first-order chi connectivity index (χ1) is 9.24. The Morgan fingerprint density at radius 1 is 1.00 bits per heavy atom. The third kappa shape index (κ3) is 2.95. The van der Waals surface area contributed by atoms with E-state index >= 15 is 0 Å². The van der Waals surface area contributed by atoms with Gasteiger partial charge in [-0.05, 0) is 51.6 Å². The van der Waals surface area contributed by atoms with Gasteiger partial charge in [0.25, 0.3) is 0 Å². The molecule has 4 heteroatoms. The Kier molecular flexibility index (Phi) is 4.08. The summed E-state index contributed by atoms with van der Waals surface area (Å²) < 4.78 is 0. The van der Waals surface area contributed by atoms with Crippen molar-refractivity contribution in [3.8, 4) is 0 Å². The molecule has 4 nitrogen and oxygen atoms in total. The lowest BCUT2D eigenvalue weighted by Crippen LogP contribution is -2.51. The summed E-state index contributed by atoms with van der Waals surface area (Å²) in [6, 6.07) is 0.626. The molecule has 0 aromatic heterocycles. The number of aliphatic hydroxyl groups excluding tert-OH is 1. The first kappa shape index (κ1) is 13.4. The summed E-state index contributed by atoms with van der Waals surface area (Å²) in [5.41, 5.74) is 0. The second kappa shape index (κ2) is 5.80. The zero-order valence-corrected chi connectivity index (χ0v) is 11.8. The molecule has 0 spiro atoms. The van der Waals surface area contributed by atoms with Crippen LogP contribution >= 0.6 is 0 Å². The zero-order valence-electron chi connectivity index (χ0n) is 11.8. The topological polar surface area (TPSA) is 43.8 Å². The normalized spacial score (nSPS) is 36.3. The average Bonchev–Trinajstić information content (AvgIpc) is 2.58. The Hall–Kier alpha value is -0.610. The SMILES string of the molecule is O=C(CN1CCCCCC1)N1[C@@H]2CC[C@H]1CC(O)C2. The second-order valence-corrected chi connectivity index (χ2v) is 6.50. The number of fused-ring (bicyclic) bond motifs is 2. The van der Waals surface area contributed by atoms with E-state index in [4.69, 9.17) is 0 Å². The highest BCUT2D eigenvalue weighted by Crippen LogP contribution is 2.35. The maximum atomic E-state index is 12.5. The molecule has 3 heterocycles. The molecule has 3 saturated heterocycles. The van der Waals surface area contributed by atoms with Crippen molar-refractivity contribution >= 4 is 5.91 Å². The van der Waals surface area contributed by atoms with Crippen LogP contribution in [0.3, 0.4) is 0 Å². The predicted molar refractivity (Wildman–Crippen MR) is 73.8 cm³/mol. The van der Waals surface area contributed by atoms with E-state index in [-0.39, 0.29) is 6.10 Å². The van der Waals surface area contributed by atoms with Gasteiger partial charge in [0, 0.05) is 12.1 Å². The Morgan fingerprint density at radius 2 is 1.58 bits per heavy atom. The highest BCUT2D eigenvalue weighted by atomic mass is 16.3. The van der Waals surface area contributed by atoms with E-state index in [2.05, 4.69) is 9.80 Å². The number of hydrogen-bond donors (Lipinski definition) is 1. The molecule has 0 radical (unpaired) electrons. The van der Waals surface area contributed by atoms with Crippen LogP contribution in [0.15, 0.2) is 0 Å². The molecular weight excluding hydrogens is 240 g/mol. The zero-order chi connectivity index (χ0) is 13.2. The molecule has 3 atom stereocenters. The minimum atomic E-state index is -0.181. The molecule has 3 aliphatic rings. The van der Waals surface area contributed by atoms with Gasteiger partial charge in [0.1, 0.15) is 0 Å². The van der Waals surface area contributed by atoms with Gasteiger partial charge in [-0.1, -0.05) is 12.8 Å². The molecule has 3 aliphatic heterocycles. The lowest BCUT2D eigenvalue weighted by Gasteiger charge is -2.38. The molecule has 108 valence electrons. The van der Waals surface area contributed by atoms with Crippen LogP contribution < -0.4 is 0 Å². The maximum Gasteiger partial charge on any atom is 0.237 e. The fourth-order valence-corrected chi connectivity index (χ4v) is 4.12. The molecule has 1 unspecified atom stereocenters. The number of amides is 1. The molecule has 1 N–H and O–H groups in total. The fourth-order valence-electron chi connectivity index (χ4n) is 4.12. The number of carbonyl (C=O) groups is 1. The molecule has 3 rings (SSSR count). The highest BCUT2D eigenvalue weighted by molar-refractivity contribution is 5.79. The van der Waals surface area contributed by atoms with E-state index in [1.54, 1.807) is 0 Å². The summed E-state index contributed by atoms with van der Waals surface area (Å²) in [5, 5.41) is 9.80. The number of carbonyl (C=O) groups excluding carboxylic acids is 1. The molecule has 0 saturated carbocycles. The van der Waals surface area contributed by atoms with Crippen LogP contribution in [0.4, 0.5) is 0 Å². The van der Waals surface area contributed by atoms with Gasteiger partial charge < -0.3 is 10.0 Å². The van der Waals surface area contributed by atoms with Crippen LogP contribution in [0, 0.1) is 0 Å². The first-order valence-electron chi connectivity index (χ1n) is 7.95.